The molecule has 2 fully saturated rings. The first-order valence-corrected chi connectivity index (χ1v) is 10.1. The van der Waals surface area contributed by atoms with E-state index in [9.17, 15) is 14.3 Å². The molecule has 0 aliphatic carbocycles. The Morgan fingerprint density at radius 1 is 1.26 bits per heavy atom. The number of carbonyl (C=O) groups is 1. The maximum absolute atomic E-state index is 13.1. The maximum Gasteiger partial charge on any atom is 0.225 e. The fraction of sp³-hybridized carbons (Fsp3) is 0.667. The zero-order valence-corrected chi connectivity index (χ0v) is 16.3. The van der Waals surface area contributed by atoms with Gasteiger partial charge in [-0.25, -0.2) is 4.39 Å². The monoisotopic (exact) mass is 377 g/mol. The zero-order valence-electron chi connectivity index (χ0n) is 16.3. The SMILES string of the molecule is CN(Cc1ccc(F)cc1)C[C@]1(O)CCCN(C(=O)C2CCNCC2)CC1. The minimum absolute atomic E-state index is 0.138. The molecule has 6 heteroatoms. The van der Waals surface area contributed by atoms with Crippen LogP contribution in [-0.4, -0.2) is 66.2 Å². The highest BCUT2D eigenvalue weighted by molar-refractivity contribution is 5.79. The molecule has 1 aromatic carbocycles. The average Bonchev–Trinajstić information content (AvgIpc) is 2.85. The number of benzene rings is 1. The van der Waals surface area contributed by atoms with E-state index in [-0.39, 0.29) is 17.6 Å². The molecule has 1 amide bonds. The first-order valence-electron chi connectivity index (χ1n) is 10.1. The summed E-state index contributed by atoms with van der Waals surface area (Å²) in [5.74, 6) is 0.168. The molecule has 0 spiro atoms. The van der Waals surface area contributed by atoms with E-state index >= 15 is 0 Å². The van der Waals surface area contributed by atoms with Crippen LogP contribution in [0.25, 0.3) is 0 Å². The Hall–Kier alpha value is -1.50. The fourth-order valence-corrected chi connectivity index (χ4v) is 4.34. The summed E-state index contributed by atoms with van der Waals surface area (Å²) >= 11 is 0. The van der Waals surface area contributed by atoms with Gasteiger partial charge in [0.05, 0.1) is 5.60 Å². The summed E-state index contributed by atoms with van der Waals surface area (Å²) < 4.78 is 13.1. The number of halogens is 1. The summed E-state index contributed by atoms with van der Waals surface area (Å²) in [6.45, 7) is 4.43. The van der Waals surface area contributed by atoms with E-state index in [1.165, 1.54) is 12.1 Å². The van der Waals surface area contributed by atoms with Crippen LogP contribution in [0.1, 0.15) is 37.7 Å². The zero-order chi connectivity index (χ0) is 19.3. The van der Waals surface area contributed by atoms with Crippen molar-refractivity contribution in [3.63, 3.8) is 0 Å². The number of nitrogens with zero attached hydrogens (tertiary/aromatic N) is 2. The molecule has 1 aromatic rings. The summed E-state index contributed by atoms with van der Waals surface area (Å²) in [5.41, 5.74) is 0.247. The van der Waals surface area contributed by atoms with Crippen molar-refractivity contribution in [2.75, 3.05) is 39.8 Å². The lowest BCUT2D eigenvalue weighted by Crippen LogP contribution is -2.44. The van der Waals surface area contributed by atoms with Gasteiger partial charge in [0, 0.05) is 32.1 Å². The van der Waals surface area contributed by atoms with Crippen molar-refractivity contribution in [1.82, 2.24) is 15.1 Å². The normalized spacial score (nSPS) is 24.8. The van der Waals surface area contributed by atoms with Crippen LogP contribution in [0.5, 0.6) is 0 Å². The van der Waals surface area contributed by atoms with Crippen molar-refractivity contribution in [2.45, 2.75) is 44.2 Å². The van der Waals surface area contributed by atoms with E-state index in [0.717, 1.165) is 44.5 Å². The van der Waals surface area contributed by atoms with Gasteiger partial charge in [-0.1, -0.05) is 12.1 Å². The Kier molecular flexibility index (Phi) is 6.84. The molecule has 2 saturated heterocycles. The molecule has 2 N–H and O–H groups in total. The lowest BCUT2D eigenvalue weighted by Gasteiger charge is -2.32. The highest BCUT2D eigenvalue weighted by atomic mass is 19.1. The topological polar surface area (TPSA) is 55.8 Å². The van der Waals surface area contributed by atoms with Crippen molar-refractivity contribution in [3.05, 3.63) is 35.6 Å². The third-order valence-electron chi connectivity index (χ3n) is 5.85. The molecule has 2 aliphatic rings. The second kappa shape index (κ2) is 9.13. The standard InChI is InChI=1S/C21H32FN3O2/c1-24(15-17-3-5-19(22)6-4-17)16-21(27)9-2-13-25(14-10-21)20(26)18-7-11-23-12-8-18/h3-6,18,23,27H,2,7-16H2,1H3/t21-/m0/s1. The lowest BCUT2D eigenvalue weighted by atomic mass is 9.94. The number of hydrogen-bond donors (Lipinski definition) is 2. The number of carbonyl (C=O) groups excluding carboxylic acids is 1. The van der Waals surface area contributed by atoms with Crippen LogP contribution in [0.2, 0.25) is 0 Å². The molecule has 1 atom stereocenters. The summed E-state index contributed by atoms with van der Waals surface area (Å²) in [4.78, 5) is 16.8. The second-order valence-corrected chi connectivity index (χ2v) is 8.23. The smallest absolute Gasteiger partial charge is 0.225 e. The van der Waals surface area contributed by atoms with Crippen LogP contribution < -0.4 is 5.32 Å². The maximum atomic E-state index is 13.1. The highest BCUT2D eigenvalue weighted by Gasteiger charge is 2.34. The van der Waals surface area contributed by atoms with Gasteiger partial charge in [-0.15, -0.1) is 0 Å². The minimum Gasteiger partial charge on any atom is -0.388 e. The van der Waals surface area contributed by atoms with Gasteiger partial charge in [-0.3, -0.25) is 9.69 Å². The van der Waals surface area contributed by atoms with E-state index in [4.69, 9.17) is 0 Å². The Labute approximate surface area is 161 Å². The summed E-state index contributed by atoms with van der Waals surface area (Å²) in [7, 11) is 1.98. The van der Waals surface area contributed by atoms with Gasteiger partial charge < -0.3 is 15.3 Å². The lowest BCUT2D eigenvalue weighted by molar-refractivity contribution is -0.136. The molecule has 0 radical (unpaired) electrons. The van der Waals surface area contributed by atoms with Gasteiger partial charge in [0.1, 0.15) is 5.82 Å². The van der Waals surface area contributed by atoms with Crippen LogP contribution >= 0.6 is 0 Å². The highest BCUT2D eigenvalue weighted by Crippen LogP contribution is 2.26. The fourth-order valence-electron chi connectivity index (χ4n) is 4.34. The van der Waals surface area contributed by atoms with Gasteiger partial charge in [0.15, 0.2) is 0 Å². The van der Waals surface area contributed by atoms with E-state index in [1.54, 1.807) is 12.1 Å². The second-order valence-electron chi connectivity index (χ2n) is 8.23. The predicted octanol–water partition coefficient (Wildman–Crippen LogP) is 2.00. The first kappa shape index (κ1) is 20.2. The Balaban J connectivity index is 1.52. The van der Waals surface area contributed by atoms with E-state index in [2.05, 4.69) is 10.2 Å². The van der Waals surface area contributed by atoms with E-state index in [1.807, 2.05) is 11.9 Å². The molecule has 150 valence electrons. The molecule has 5 nitrogen and oxygen atoms in total. The van der Waals surface area contributed by atoms with Crippen LogP contribution in [0.4, 0.5) is 4.39 Å². The van der Waals surface area contributed by atoms with Gasteiger partial charge in [0.2, 0.25) is 5.91 Å². The number of likely N-dealkylation sites (tertiary alicyclic amines) is 1. The van der Waals surface area contributed by atoms with Crippen molar-refractivity contribution >= 4 is 5.91 Å². The van der Waals surface area contributed by atoms with Gasteiger partial charge in [0.25, 0.3) is 0 Å². The Morgan fingerprint density at radius 3 is 2.67 bits per heavy atom. The molecule has 3 rings (SSSR count). The van der Waals surface area contributed by atoms with E-state index in [0.29, 0.717) is 32.5 Å². The van der Waals surface area contributed by atoms with Gasteiger partial charge in [-0.05, 0) is 69.9 Å². The summed E-state index contributed by atoms with van der Waals surface area (Å²) in [6, 6.07) is 6.49. The molecular formula is C21H32FN3O2. The van der Waals surface area contributed by atoms with Crippen LogP contribution in [0, 0.1) is 11.7 Å². The van der Waals surface area contributed by atoms with Crippen molar-refractivity contribution in [2.24, 2.45) is 5.92 Å². The molecule has 27 heavy (non-hydrogen) atoms. The molecule has 0 bridgehead atoms. The number of aliphatic hydroxyl groups is 1. The average molecular weight is 378 g/mol. The largest absolute Gasteiger partial charge is 0.388 e. The van der Waals surface area contributed by atoms with Crippen LogP contribution in [-0.2, 0) is 11.3 Å². The molecule has 2 aliphatic heterocycles. The van der Waals surface area contributed by atoms with Crippen molar-refractivity contribution in [1.29, 1.82) is 0 Å². The van der Waals surface area contributed by atoms with Crippen molar-refractivity contribution in [3.8, 4) is 0 Å². The number of hydrogen-bond acceptors (Lipinski definition) is 4. The number of nitrogens with one attached hydrogen (secondary N) is 1. The van der Waals surface area contributed by atoms with Gasteiger partial charge >= 0.3 is 0 Å². The molecular weight excluding hydrogens is 345 g/mol. The number of likely N-dealkylation sites (N-methyl/N-ethyl adjacent to an activating group) is 1. The van der Waals surface area contributed by atoms with Crippen LogP contribution in [0.3, 0.4) is 0 Å². The molecule has 0 aromatic heterocycles. The Morgan fingerprint density at radius 2 is 1.96 bits per heavy atom. The third-order valence-corrected chi connectivity index (χ3v) is 5.85. The summed E-state index contributed by atoms with van der Waals surface area (Å²) in [6.07, 6.45) is 3.98. The van der Waals surface area contributed by atoms with Gasteiger partial charge in [-0.2, -0.15) is 0 Å². The molecule has 0 unspecified atom stereocenters. The first-order chi connectivity index (χ1) is 13.0. The van der Waals surface area contributed by atoms with Crippen molar-refractivity contribution < 1.29 is 14.3 Å². The quantitative estimate of drug-likeness (QED) is 0.824. The van der Waals surface area contributed by atoms with Crippen LogP contribution in [0.15, 0.2) is 24.3 Å². The van der Waals surface area contributed by atoms with E-state index < -0.39 is 5.60 Å². The number of rotatable bonds is 5. The minimum atomic E-state index is -0.780. The summed E-state index contributed by atoms with van der Waals surface area (Å²) in [5, 5.41) is 14.4. The number of amides is 1. The Bertz CT molecular complexity index is 618. The molecule has 0 saturated carbocycles. The third kappa shape index (κ3) is 5.74. The number of piperidine rings is 1. The predicted molar refractivity (Wildman–Crippen MR) is 104 cm³/mol. The molecule has 2 heterocycles.